The smallest absolute Gasteiger partial charge is 0.109 e. The maximum Gasteiger partial charge on any atom is 0.109 e. The molecule has 0 N–H and O–H groups in total. The van der Waals surface area contributed by atoms with Crippen molar-refractivity contribution in [3.05, 3.63) is 47.5 Å². The molecule has 0 spiro atoms. The van der Waals surface area contributed by atoms with Crippen molar-refractivity contribution in [2.45, 2.75) is 79.8 Å². The minimum atomic E-state index is -0.518. The number of hydrogen-bond donors (Lipinski definition) is 0. The highest BCUT2D eigenvalue weighted by Crippen LogP contribution is 2.48. The average Bonchev–Trinajstić information content (AvgIpc) is 3.12. The molecule has 2 aromatic carbocycles. The molecular weight excluding hydrogens is 690 g/mol. The van der Waals surface area contributed by atoms with Crippen LogP contribution in [0.15, 0.2) is 52.3 Å². The van der Waals surface area contributed by atoms with Crippen molar-refractivity contribution >= 4 is 34.7 Å². The number of fused-ring (bicyclic) bond motifs is 2. The van der Waals surface area contributed by atoms with Crippen LogP contribution >= 0.6 is 23.4 Å². The fourth-order valence-corrected chi connectivity index (χ4v) is 7.55. The minimum absolute atomic E-state index is 0.0159. The third kappa shape index (κ3) is 13.1. The molecule has 3 atom stereocenters. The van der Waals surface area contributed by atoms with Crippen LogP contribution in [0.2, 0.25) is 5.02 Å². The van der Waals surface area contributed by atoms with E-state index in [1.54, 1.807) is 28.4 Å². The van der Waals surface area contributed by atoms with Gasteiger partial charge >= 0.3 is 0 Å². The molecule has 0 aliphatic carbocycles. The van der Waals surface area contributed by atoms with Gasteiger partial charge in [0.15, 0.2) is 0 Å². The van der Waals surface area contributed by atoms with E-state index in [2.05, 4.69) is 64.9 Å². The Kier molecular flexibility index (Phi) is 17.3. The van der Waals surface area contributed by atoms with E-state index in [-0.39, 0.29) is 23.9 Å². The van der Waals surface area contributed by atoms with E-state index in [0.717, 1.165) is 63.7 Å². The Morgan fingerprint density at radius 1 is 0.745 bits per heavy atom. The number of halogens is 1. The number of anilines is 2. The van der Waals surface area contributed by atoms with Crippen LogP contribution in [0.4, 0.5) is 11.4 Å². The Balaban J connectivity index is 1.12. The lowest BCUT2D eigenvalue weighted by Gasteiger charge is -2.37. The van der Waals surface area contributed by atoms with Crippen LogP contribution in [0.5, 0.6) is 0 Å². The molecule has 2 heterocycles. The second kappa shape index (κ2) is 20.8. The van der Waals surface area contributed by atoms with Gasteiger partial charge in [-0.05, 0) is 77.4 Å². The van der Waals surface area contributed by atoms with Crippen LogP contribution < -0.4 is 4.90 Å². The molecule has 2 aromatic rings. The summed E-state index contributed by atoms with van der Waals surface area (Å²) in [5.41, 5.74) is 1.72. The number of benzene rings is 2. The van der Waals surface area contributed by atoms with E-state index in [9.17, 15) is 0 Å². The summed E-state index contributed by atoms with van der Waals surface area (Å²) in [6.45, 7) is 17.4. The van der Waals surface area contributed by atoms with Crippen molar-refractivity contribution in [1.29, 1.82) is 0 Å². The maximum absolute atomic E-state index is 6.42. The largest absolute Gasteiger partial charge is 0.379 e. The van der Waals surface area contributed by atoms with Crippen LogP contribution in [-0.2, 0) is 33.2 Å². The van der Waals surface area contributed by atoms with Crippen molar-refractivity contribution in [1.82, 2.24) is 9.80 Å². The number of para-hydroxylation sites is 1. The highest BCUT2D eigenvalue weighted by molar-refractivity contribution is 7.99. The molecular formula is C39H62ClN3O7S. The fraction of sp³-hybridized carbons (Fsp3) is 0.692. The zero-order valence-electron chi connectivity index (χ0n) is 32.2. The highest BCUT2D eigenvalue weighted by Gasteiger charge is 2.32. The Morgan fingerprint density at radius 2 is 1.39 bits per heavy atom. The van der Waals surface area contributed by atoms with Gasteiger partial charge in [0.1, 0.15) is 12.2 Å². The lowest BCUT2D eigenvalue weighted by Crippen LogP contribution is -2.49. The van der Waals surface area contributed by atoms with Gasteiger partial charge in [-0.15, -0.1) is 0 Å². The average molecular weight is 752 g/mol. The van der Waals surface area contributed by atoms with Crippen molar-refractivity contribution in [2.75, 3.05) is 112 Å². The Labute approximate surface area is 316 Å². The van der Waals surface area contributed by atoms with Gasteiger partial charge in [-0.3, -0.25) is 4.90 Å². The van der Waals surface area contributed by atoms with Gasteiger partial charge in [0.25, 0.3) is 0 Å². The van der Waals surface area contributed by atoms with Gasteiger partial charge in [-0.2, -0.15) is 0 Å². The summed E-state index contributed by atoms with van der Waals surface area (Å²) >= 11 is 8.24. The summed E-state index contributed by atoms with van der Waals surface area (Å²) in [6, 6.07) is 14.9. The Hall–Kier alpha value is -1.48. The lowest BCUT2D eigenvalue weighted by molar-refractivity contribution is -0.152. The number of nitrogens with zero attached hydrogens (tertiary/aromatic N) is 3. The summed E-state index contributed by atoms with van der Waals surface area (Å²) in [5.74, 6) is 0. The monoisotopic (exact) mass is 751 g/mol. The van der Waals surface area contributed by atoms with Gasteiger partial charge < -0.3 is 43.0 Å². The normalized spacial score (nSPS) is 17.6. The number of rotatable bonds is 23. The van der Waals surface area contributed by atoms with Crippen molar-refractivity contribution < 1.29 is 33.2 Å². The molecule has 2 aliphatic rings. The van der Waals surface area contributed by atoms with Gasteiger partial charge in [0.2, 0.25) is 0 Å². The van der Waals surface area contributed by atoms with E-state index in [0.29, 0.717) is 33.0 Å². The number of methoxy groups -OCH3 is 4. The molecule has 2 aliphatic heterocycles. The molecule has 4 rings (SSSR count). The van der Waals surface area contributed by atoms with Gasteiger partial charge in [0.05, 0.1) is 61.7 Å². The molecule has 288 valence electrons. The molecule has 1 fully saturated rings. The quantitative estimate of drug-likeness (QED) is 0.123. The Morgan fingerprint density at radius 3 is 2.08 bits per heavy atom. The first-order valence-electron chi connectivity index (χ1n) is 18.2. The highest BCUT2D eigenvalue weighted by atomic mass is 35.5. The first kappa shape index (κ1) is 42.3. The second-order valence-electron chi connectivity index (χ2n) is 14.5. The minimum Gasteiger partial charge on any atom is -0.379 e. The van der Waals surface area contributed by atoms with Crippen molar-refractivity contribution in [3.63, 3.8) is 0 Å². The van der Waals surface area contributed by atoms with E-state index in [4.69, 9.17) is 44.8 Å². The van der Waals surface area contributed by atoms with Crippen LogP contribution in [0.25, 0.3) is 0 Å². The number of hydrogen-bond acceptors (Lipinski definition) is 11. The summed E-state index contributed by atoms with van der Waals surface area (Å²) < 4.78 is 41.0. The van der Waals surface area contributed by atoms with Crippen LogP contribution in [-0.4, -0.2) is 147 Å². The number of piperazine rings is 1. The summed E-state index contributed by atoms with van der Waals surface area (Å²) in [5, 5.41) is 0.776. The molecule has 0 radical (unpaired) electrons. The Bertz CT molecular complexity index is 1310. The van der Waals surface area contributed by atoms with E-state index in [1.807, 2.05) is 31.7 Å². The third-order valence-corrected chi connectivity index (χ3v) is 11.4. The standard InChI is InChI=1S/C39H62ClN3O7S/c1-38(2,47-8)16-23-50-39(3,4)37(46-7)29-49-28-32(45-6)27-48-26-31(44-5)25-42-21-19-41(20-22-42)17-11-18-43-33-12-9-10-13-35(33)51-36-15-14-30(40)24-34(36)43/h9-10,12-15,24,31-32,37H,11,16-23,25-29H2,1-8H3. The maximum atomic E-state index is 6.42. The molecule has 1 saturated heterocycles. The molecule has 0 saturated carbocycles. The van der Waals surface area contributed by atoms with Crippen LogP contribution in [0, 0.1) is 0 Å². The summed E-state index contributed by atoms with van der Waals surface area (Å²) in [4.78, 5) is 10.0. The third-order valence-electron chi connectivity index (χ3n) is 10.0. The van der Waals surface area contributed by atoms with Gasteiger partial charge in [0, 0.05) is 82.5 Å². The first-order valence-corrected chi connectivity index (χ1v) is 19.4. The molecule has 0 bridgehead atoms. The van der Waals surface area contributed by atoms with E-state index >= 15 is 0 Å². The predicted octanol–water partition coefficient (Wildman–Crippen LogP) is 6.64. The van der Waals surface area contributed by atoms with Crippen molar-refractivity contribution in [2.24, 2.45) is 0 Å². The van der Waals surface area contributed by atoms with Crippen LogP contribution in [0.1, 0.15) is 40.5 Å². The zero-order chi connectivity index (χ0) is 36.9. The van der Waals surface area contributed by atoms with Crippen LogP contribution in [0.3, 0.4) is 0 Å². The molecule has 10 nitrogen and oxygen atoms in total. The predicted molar refractivity (Wildman–Crippen MR) is 206 cm³/mol. The van der Waals surface area contributed by atoms with Gasteiger partial charge in [-0.25, -0.2) is 0 Å². The molecule has 3 unspecified atom stereocenters. The first-order chi connectivity index (χ1) is 24.5. The summed E-state index contributed by atoms with van der Waals surface area (Å²) in [6.07, 6.45) is 1.42. The lowest BCUT2D eigenvalue weighted by atomic mass is 10.0. The number of ether oxygens (including phenoxy) is 7. The fourth-order valence-electron chi connectivity index (χ4n) is 6.30. The van der Waals surface area contributed by atoms with Crippen molar-refractivity contribution in [3.8, 4) is 0 Å². The molecule has 12 heteroatoms. The topological polar surface area (TPSA) is 74.3 Å². The van der Waals surface area contributed by atoms with E-state index < -0.39 is 5.60 Å². The SMILES string of the molecule is COC(COCC(CN1CCN(CCCN2c3ccccc3Sc3ccc(Cl)cc32)CC1)OC)COCC(OC)C(C)(C)OCCC(C)(C)OC. The molecule has 51 heavy (non-hydrogen) atoms. The molecule has 0 aromatic heterocycles. The van der Waals surface area contributed by atoms with Gasteiger partial charge in [-0.1, -0.05) is 35.5 Å². The zero-order valence-corrected chi connectivity index (χ0v) is 33.7. The second-order valence-corrected chi connectivity index (χ2v) is 16.0. The molecule has 0 amide bonds. The van der Waals surface area contributed by atoms with E-state index in [1.165, 1.54) is 21.2 Å². The summed E-state index contributed by atoms with van der Waals surface area (Å²) in [7, 11) is 6.85.